The van der Waals surface area contributed by atoms with Gasteiger partial charge in [0, 0.05) is 32.1 Å². The molecule has 4 heteroatoms. The highest BCUT2D eigenvalue weighted by molar-refractivity contribution is 5.79. The van der Waals surface area contributed by atoms with E-state index < -0.39 is 0 Å². The fourth-order valence-corrected chi connectivity index (χ4v) is 3.54. The highest BCUT2D eigenvalue weighted by Crippen LogP contribution is 2.26. The van der Waals surface area contributed by atoms with Gasteiger partial charge in [-0.15, -0.1) is 0 Å². The van der Waals surface area contributed by atoms with Gasteiger partial charge in [0.15, 0.2) is 0 Å². The maximum atomic E-state index is 12.0. The summed E-state index contributed by atoms with van der Waals surface area (Å²) in [6, 6.07) is 8.44. The van der Waals surface area contributed by atoms with Crippen LogP contribution in [-0.4, -0.2) is 36.1 Å². The molecule has 1 amide bonds. The zero-order valence-corrected chi connectivity index (χ0v) is 14.3. The number of nitrogens with one attached hydrogen (secondary N) is 1. The average molecular weight is 316 g/mol. The molecule has 126 valence electrons. The van der Waals surface area contributed by atoms with E-state index >= 15 is 0 Å². The third-order valence-electron chi connectivity index (χ3n) is 4.94. The molecule has 0 radical (unpaired) electrons. The molecule has 2 fully saturated rings. The molecule has 1 saturated heterocycles. The first-order chi connectivity index (χ1) is 11.1. The Labute approximate surface area is 139 Å². The van der Waals surface area contributed by atoms with E-state index in [-0.39, 0.29) is 24.0 Å². The van der Waals surface area contributed by atoms with Gasteiger partial charge in [0.05, 0.1) is 12.2 Å². The van der Waals surface area contributed by atoms with Gasteiger partial charge < -0.3 is 10.1 Å². The molecule has 0 spiro atoms. The molecule has 4 nitrogen and oxygen atoms in total. The van der Waals surface area contributed by atoms with E-state index in [1.165, 1.54) is 17.5 Å². The van der Waals surface area contributed by atoms with Gasteiger partial charge in [-0.3, -0.25) is 9.69 Å². The molecule has 1 aliphatic carbocycles. The summed E-state index contributed by atoms with van der Waals surface area (Å²) in [5, 5.41) is 3.11. The van der Waals surface area contributed by atoms with Gasteiger partial charge in [-0.25, -0.2) is 0 Å². The number of nitrogens with zero attached hydrogens (tertiary/aromatic N) is 1. The molecule has 2 atom stereocenters. The van der Waals surface area contributed by atoms with Crippen molar-refractivity contribution >= 4 is 5.91 Å². The van der Waals surface area contributed by atoms with E-state index in [9.17, 15) is 4.79 Å². The molecule has 3 rings (SSSR count). The van der Waals surface area contributed by atoms with Crippen molar-refractivity contribution < 1.29 is 9.53 Å². The second-order valence-corrected chi connectivity index (χ2v) is 7.07. The van der Waals surface area contributed by atoms with Gasteiger partial charge in [-0.1, -0.05) is 30.7 Å². The van der Waals surface area contributed by atoms with Crippen molar-refractivity contribution in [2.45, 2.75) is 58.4 Å². The molecule has 1 heterocycles. The predicted molar refractivity (Wildman–Crippen MR) is 90.9 cm³/mol. The van der Waals surface area contributed by atoms with E-state index in [0.717, 1.165) is 32.5 Å². The van der Waals surface area contributed by atoms with Gasteiger partial charge in [0.25, 0.3) is 0 Å². The van der Waals surface area contributed by atoms with E-state index in [4.69, 9.17) is 4.74 Å². The van der Waals surface area contributed by atoms with Crippen LogP contribution in [0.5, 0.6) is 0 Å². The first-order valence-electron chi connectivity index (χ1n) is 8.84. The Hall–Kier alpha value is -1.39. The molecule has 23 heavy (non-hydrogen) atoms. The van der Waals surface area contributed by atoms with Crippen molar-refractivity contribution in [2.24, 2.45) is 5.92 Å². The van der Waals surface area contributed by atoms with Gasteiger partial charge in [-0.05, 0) is 37.8 Å². The van der Waals surface area contributed by atoms with Crippen molar-refractivity contribution in [3.8, 4) is 0 Å². The fraction of sp³-hybridized carbons (Fsp3) is 0.632. The number of rotatable bonds is 5. The summed E-state index contributed by atoms with van der Waals surface area (Å²) in [6.07, 6.45) is 3.87. The molecular formula is C19H28N2O2. The van der Waals surface area contributed by atoms with Crippen LogP contribution in [0.25, 0.3) is 0 Å². The topological polar surface area (TPSA) is 41.6 Å². The van der Waals surface area contributed by atoms with E-state index in [0.29, 0.717) is 6.54 Å². The minimum Gasteiger partial charge on any atom is -0.373 e. The lowest BCUT2D eigenvalue weighted by Crippen LogP contribution is -2.45. The molecular weight excluding hydrogens is 288 g/mol. The lowest BCUT2D eigenvalue weighted by Gasteiger charge is -2.35. The average Bonchev–Trinajstić information content (AvgIpc) is 2.43. The van der Waals surface area contributed by atoms with Crippen molar-refractivity contribution in [3.63, 3.8) is 0 Å². The van der Waals surface area contributed by atoms with Crippen molar-refractivity contribution in [1.82, 2.24) is 10.2 Å². The SMILES string of the molecule is C[C@@H]1CN(Cc2ccccc2CNC(=O)C2CCC2)C[C@H](C)O1. The fourth-order valence-electron chi connectivity index (χ4n) is 3.54. The summed E-state index contributed by atoms with van der Waals surface area (Å²) >= 11 is 0. The maximum absolute atomic E-state index is 12.0. The molecule has 1 saturated carbocycles. The molecule has 1 aromatic rings. The smallest absolute Gasteiger partial charge is 0.223 e. The maximum Gasteiger partial charge on any atom is 0.223 e. The molecule has 1 N–H and O–H groups in total. The largest absolute Gasteiger partial charge is 0.373 e. The summed E-state index contributed by atoms with van der Waals surface area (Å²) in [7, 11) is 0. The Morgan fingerprint density at radius 3 is 2.43 bits per heavy atom. The summed E-state index contributed by atoms with van der Waals surface area (Å²) < 4.78 is 5.81. The van der Waals surface area contributed by atoms with Crippen molar-refractivity contribution in [3.05, 3.63) is 35.4 Å². The van der Waals surface area contributed by atoms with Crippen LogP contribution in [0.3, 0.4) is 0 Å². The number of amides is 1. The first kappa shape index (κ1) is 16.5. The summed E-state index contributed by atoms with van der Waals surface area (Å²) in [4.78, 5) is 14.5. The molecule has 1 aromatic carbocycles. The lowest BCUT2D eigenvalue weighted by atomic mass is 9.85. The summed E-state index contributed by atoms with van der Waals surface area (Å²) in [5.41, 5.74) is 2.54. The lowest BCUT2D eigenvalue weighted by molar-refractivity contribution is -0.127. The second-order valence-electron chi connectivity index (χ2n) is 7.07. The Morgan fingerprint density at radius 1 is 1.17 bits per heavy atom. The second kappa shape index (κ2) is 7.45. The normalized spacial score (nSPS) is 25.8. The molecule has 0 unspecified atom stereocenters. The Bertz CT molecular complexity index is 532. The Kier molecular flexibility index (Phi) is 5.34. The zero-order valence-electron chi connectivity index (χ0n) is 14.3. The monoisotopic (exact) mass is 316 g/mol. The summed E-state index contributed by atoms with van der Waals surface area (Å²) in [6.45, 7) is 7.76. The number of hydrogen-bond donors (Lipinski definition) is 1. The molecule has 0 aromatic heterocycles. The van der Waals surface area contributed by atoms with Crippen LogP contribution in [0, 0.1) is 5.92 Å². The Balaban J connectivity index is 1.59. The predicted octanol–water partition coefficient (Wildman–Crippen LogP) is 2.71. The summed E-state index contributed by atoms with van der Waals surface area (Å²) in [5.74, 6) is 0.475. The number of carbonyl (C=O) groups excluding carboxylic acids is 1. The number of morpholine rings is 1. The Morgan fingerprint density at radius 2 is 1.83 bits per heavy atom. The first-order valence-corrected chi connectivity index (χ1v) is 8.84. The third-order valence-corrected chi connectivity index (χ3v) is 4.94. The number of benzene rings is 1. The highest BCUT2D eigenvalue weighted by Gasteiger charge is 2.25. The van der Waals surface area contributed by atoms with Crippen LogP contribution in [0.15, 0.2) is 24.3 Å². The zero-order chi connectivity index (χ0) is 16.2. The van der Waals surface area contributed by atoms with Crippen LogP contribution >= 0.6 is 0 Å². The van der Waals surface area contributed by atoms with Gasteiger partial charge in [-0.2, -0.15) is 0 Å². The molecule has 1 aliphatic heterocycles. The minimum absolute atomic E-state index is 0.222. The minimum atomic E-state index is 0.222. The van der Waals surface area contributed by atoms with Gasteiger partial charge in [0.1, 0.15) is 0 Å². The van der Waals surface area contributed by atoms with Crippen LogP contribution in [0.4, 0.5) is 0 Å². The van der Waals surface area contributed by atoms with Crippen molar-refractivity contribution in [2.75, 3.05) is 13.1 Å². The van der Waals surface area contributed by atoms with Crippen LogP contribution in [-0.2, 0) is 22.6 Å². The molecule has 0 bridgehead atoms. The van der Waals surface area contributed by atoms with E-state index in [1.54, 1.807) is 0 Å². The van der Waals surface area contributed by atoms with Crippen molar-refractivity contribution in [1.29, 1.82) is 0 Å². The quantitative estimate of drug-likeness (QED) is 0.908. The van der Waals surface area contributed by atoms with Crippen LogP contribution in [0.2, 0.25) is 0 Å². The number of hydrogen-bond acceptors (Lipinski definition) is 3. The van der Waals surface area contributed by atoms with E-state index in [2.05, 4.69) is 48.3 Å². The standard InChI is InChI=1S/C19H28N2O2/c1-14-11-21(12-15(2)23-14)13-18-7-4-3-6-17(18)10-20-19(22)16-8-5-9-16/h3-4,6-7,14-16H,5,8-13H2,1-2H3,(H,20,22)/t14-,15+. The van der Waals surface area contributed by atoms with Gasteiger partial charge >= 0.3 is 0 Å². The number of ether oxygens (including phenoxy) is 1. The molecule has 2 aliphatic rings. The highest BCUT2D eigenvalue weighted by atomic mass is 16.5. The van der Waals surface area contributed by atoms with Crippen LogP contribution < -0.4 is 5.32 Å². The van der Waals surface area contributed by atoms with Crippen LogP contribution in [0.1, 0.15) is 44.2 Å². The number of carbonyl (C=O) groups is 1. The van der Waals surface area contributed by atoms with Gasteiger partial charge in [0.2, 0.25) is 5.91 Å². The third kappa shape index (κ3) is 4.33. The van der Waals surface area contributed by atoms with E-state index in [1.807, 2.05) is 0 Å².